The van der Waals surface area contributed by atoms with Gasteiger partial charge in [0.2, 0.25) is 0 Å². The molecule has 0 bridgehead atoms. The highest BCUT2D eigenvalue weighted by Gasteiger charge is 2.09. The summed E-state index contributed by atoms with van der Waals surface area (Å²) in [5, 5.41) is 3.30. The van der Waals surface area contributed by atoms with Crippen LogP contribution in [-0.4, -0.2) is 18.1 Å². The summed E-state index contributed by atoms with van der Waals surface area (Å²) in [6.07, 6.45) is 3.06. The molecule has 0 fully saturated rings. The molecule has 1 aliphatic rings. The second-order valence-corrected chi connectivity index (χ2v) is 5.29. The topological polar surface area (TPSA) is 29.1 Å². The number of nitrogens with one attached hydrogen (secondary N) is 1. The Balaban J connectivity index is 1.97. The molecule has 0 spiro atoms. The third-order valence-corrected chi connectivity index (χ3v) is 3.92. The van der Waals surface area contributed by atoms with Gasteiger partial charge in [-0.15, -0.1) is 11.8 Å². The number of hydrogen-bond acceptors (Lipinski definition) is 3. The van der Waals surface area contributed by atoms with Crippen LogP contribution in [0.1, 0.15) is 25.3 Å². The molecule has 0 amide bonds. The maximum atomic E-state index is 10.8. The van der Waals surface area contributed by atoms with Gasteiger partial charge in [-0.3, -0.25) is 4.79 Å². The first-order valence-electron chi connectivity index (χ1n) is 5.75. The molecule has 1 heterocycles. The number of rotatable bonds is 4. The van der Waals surface area contributed by atoms with Crippen molar-refractivity contribution in [3.05, 3.63) is 23.8 Å². The van der Waals surface area contributed by atoms with Crippen LogP contribution in [0.4, 0.5) is 5.69 Å². The van der Waals surface area contributed by atoms with E-state index in [0.29, 0.717) is 6.42 Å². The molecule has 0 atom stereocenters. The van der Waals surface area contributed by atoms with Gasteiger partial charge in [-0.05, 0) is 49.3 Å². The standard InChI is InChI=1S/C13H17NOS/c1-10(15)6-7-14-12-4-5-13-11(9-12)3-2-8-16-13/h4-5,9,14H,2-3,6-8H2,1H3. The molecule has 0 unspecified atom stereocenters. The van der Waals surface area contributed by atoms with Crippen LogP contribution in [0, 0.1) is 0 Å². The van der Waals surface area contributed by atoms with Crippen molar-refractivity contribution in [2.75, 3.05) is 17.6 Å². The maximum absolute atomic E-state index is 10.8. The largest absolute Gasteiger partial charge is 0.385 e. The van der Waals surface area contributed by atoms with Crippen LogP contribution in [0.5, 0.6) is 0 Å². The predicted molar refractivity (Wildman–Crippen MR) is 69.3 cm³/mol. The van der Waals surface area contributed by atoms with Crippen LogP contribution in [0.2, 0.25) is 0 Å². The second kappa shape index (κ2) is 5.39. The Morgan fingerprint density at radius 1 is 1.50 bits per heavy atom. The zero-order valence-electron chi connectivity index (χ0n) is 9.58. The van der Waals surface area contributed by atoms with Gasteiger partial charge in [0.05, 0.1) is 0 Å². The highest BCUT2D eigenvalue weighted by Crippen LogP contribution is 2.31. The van der Waals surface area contributed by atoms with Crippen LogP contribution in [0.3, 0.4) is 0 Å². The van der Waals surface area contributed by atoms with Gasteiger partial charge >= 0.3 is 0 Å². The van der Waals surface area contributed by atoms with Gasteiger partial charge < -0.3 is 5.32 Å². The van der Waals surface area contributed by atoms with Gasteiger partial charge in [0.25, 0.3) is 0 Å². The minimum atomic E-state index is 0.237. The van der Waals surface area contributed by atoms with E-state index >= 15 is 0 Å². The number of carbonyl (C=O) groups excluding carboxylic acids is 1. The van der Waals surface area contributed by atoms with Crippen molar-refractivity contribution >= 4 is 23.2 Å². The third kappa shape index (κ3) is 3.01. The molecule has 0 saturated heterocycles. The second-order valence-electron chi connectivity index (χ2n) is 4.15. The van der Waals surface area contributed by atoms with E-state index in [1.165, 1.54) is 29.1 Å². The number of carbonyl (C=O) groups is 1. The van der Waals surface area contributed by atoms with E-state index in [4.69, 9.17) is 0 Å². The number of aryl methyl sites for hydroxylation is 1. The van der Waals surface area contributed by atoms with E-state index in [1.54, 1.807) is 6.92 Å². The van der Waals surface area contributed by atoms with Crippen molar-refractivity contribution < 1.29 is 4.79 Å². The molecule has 1 aromatic carbocycles. The van der Waals surface area contributed by atoms with Crippen molar-refractivity contribution in [1.82, 2.24) is 0 Å². The van der Waals surface area contributed by atoms with Crippen LogP contribution in [0.25, 0.3) is 0 Å². The highest BCUT2D eigenvalue weighted by molar-refractivity contribution is 7.99. The fourth-order valence-electron chi connectivity index (χ4n) is 1.85. The molecule has 0 saturated carbocycles. The molecule has 0 radical (unpaired) electrons. The molecule has 0 aromatic heterocycles. The van der Waals surface area contributed by atoms with E-state index in [-0.39, 0.29) is 5.78 Å². The summed E-state index contributed by atoms with van der Waals surface area (Å²) in [6.45, 7) is 2.37. The average molecular weight is 235 g/mol. The number of Topliss-reactive ketones (excluding diaryl/α,β-unsaturated/α-hetero) is 1. The Morgan fingerprint density at radius 3 is 3.19 bits per heavy atom. The van der Waals surface area contributed by atoms with Crippen molar-refractivity contribution in [2.24, 2.45) is 0 Å². The first-order valence-corrected chi connectivity index (χ1v) is 6.73. The zero-order valence-corrected chi connectivity index (χ0v) is 10.4. The van der Waals surface area contributed by atoms with E-state index in [9.17, 15) is 4.79 Å². The van der Waals surface area contributed by atoms with E-state index in [0.717, 1.165) is 12.2 Å². The fraction of sp³-hybridized carbons (Fsp3) is 0.462. The Morgan fingerprint density at radius 2 is 2.38 bits per heavy atom. The molecule has 1 aliphatic heterocycles. The normalized spacial score (nSPS) is 14.3. The summed E-state index contributed by atoms with van der Waals surface area (Å²) in [7, 11) is 0. The third-order valence-electron chi connectivity index (χ3n) is 2.71. The van der Waals surface area contributed by atoms with Crippen LogP contribution in [0.15, 0.2) is 23.1 Å². The number of anilines is 1. The van der Waals surface area contributed by atoms with Gasteiger partial charge in [-0.25, -0.2) is 0 Å². The van der Waals surface area contributed by atoms with Crippen molar-refractivity contribution in [3.63, 3.8) is 0 Å². The molecular weight excluding hydrogens is 218 g/mol. The monoisotopic (exact) mass is 235 g/mol. The van der Waals surface area contributed by atoms with Crippen molar-refractivity contribution in [2.45, 2.75) is 31.1 Å². The zero-order chi connectivity index (χ0) is 11.4. The number of benzene rings is 1. The van der Waals surface area contributed by atoms with Gasteiger partial charge in [-0.1, -0.05) is 0 Å². The lowest BCUT2D eigenvalue weighted by Gasteiger charge is -2.16. The van der Waals surface area contributed by atoms with E-state index in [1.807, 2.05) is 11.8 Å². The summed E-state index contributed by atoms with van der Waals surface area (Å²) < 4.78 is 0. The summed E-state index contributed by atoms with van der Waals surface area (Å²) >= 11 is 1.94. The number of ketones is 1. The van der Waals surface area contributed by atoms with Gasteiger partial charge in [-0.2, -0.15) is 0 Å². The Labute approximate surface area is 101 Å². The molecule has 1 aromatic rings. The lowest BCUT2D eigenvalue weighted by molar-refractivity contribution is -0.116. The van der Waals surface area contributed by atoms with E-state index in [2.05, 4.69) is 23.5 Å². The fourth-order valence-corrected chi connectivity index (χ4v) is 2.87. The summed E-state index contributed by atoms with van der Waals surface area (Å²) in [6, 6.07) is 6.52. The number of fused-ring (bicyclic) bond motifs is 1. The minimum absolute atomic E-state index is 0.237. The SMILES string of the molecule is CC(=O)CCNc1ccc2c(c1)CCCS2. The quantitative estimate of drug-likeness (QED) is 0.869. The Bertz CT molecular complexity index is 390. The lowest BCUT2D eigenvalue weighted by Crippen LogP contribution is -2.07. The molecule has 2 nitrogen and oxygen atoms in total. The average Bonchev–Trinajstić information content (AvgIpc) is 2.28. The van der Waals surface area contributed by atoms with Crippen molar-refractivity contribution in [3.8, 4) is 0 Å². The molecule has 2 rings (SSSR count). The smallest absolute Gasteiger partial charge is 0.131 e. The molecule has 0 aliphatic carbocycles. The molecule has 3 heteroatoms. The minimum Gasteiger partial charge on any atom is -0.385 e. The van der Waals surface area contributed by atoms with Crippen LogP contribution >= 0.6 is 11.8 Å². The summed E-state index contributed by atoms with van der Waals surface area (Å²) in [5.41, 5.74) is 2.59. The van der Waals surface area contributed by atoms with Gasteiger partial charge in [0.1, 0.15) is 5.78 Å². The first kappa shape index (κ1) is 11.5. The van der Waals surface area contributed by atoms with Gasteiger partial charge in [0.15, 0.2) is 0 Å². The Hall–Kier alpha value is -0.960. The van der Waals surface area contributed by atoms with Crippen LogP contribution in [-0.2, 0) is 11.2 Å². The highest BCUT2D eigenvalue weighted by atomic mass is 32.2. The van der Waals surface area contributed by atoms with Crippen molar-refractivity contribution in [1.29, 1.82) is 0 Å². The van der Waals surface area contributed by atoms with E-state index < -0.39 is 0 Å². The predicted octanol–water partition coefficient (Wildman–Crippen LogP) is 3.12. The first-order chi connectivity index (χ1) is 7.75. The molecular formula is C13H17NOS. The summed E-state index contributed by atoms with van der Waals surface area (Å²) in [4.78, 5) is 12.2. The summed E-state index contributed by atoms with van der Waals surface area (Å²) in [5.74, 6) is 1.48. The molecule has 86 valence electrons. The number of thioether (sulfide) groups is 1. The molecule has 1 N–H and O–H groups in total. The Kier molecular flexibility index (Phi) is 3.88. The molecule has 16 heavy (non-hydrogen) atoms. The maximum Gasteiger partial charge on any atom is 0.131 e. The lowest BCUT2D eigenvalue weighted by atomic mass is 10.1. The number of hydrogen-bond donors (Lipinski definition) is 1. The van der Waals surface area contributed by atoms with Gasteiger partial charge in [0, 0.05) is 23.5 Å². The van der Waals surface area contributed by atoms with Crippen LogP contribution < -0.4 is 5.32 Å².